The second kappa shape index (κ2) is 6.15. The number of aliphatic hydroxyl groups is 1. The number of carbonyl (C=O) groups excluding carboxylic acids is 1. The van der Waals surface area contributed by atoms with Gasteiger partial charge in [0, 0.05) is 24.2 Å². The molecule has 0 bridgehead atoms. The number of rotatable bonds is 5. The normalized spacial score (nSPS) is 12.2. The molecular weight excluding hydrogens is 238 g/mol. The van der Waals surface area contributed by atoms with Crippen LogP contribution >= 0.6 is 0 Å². The summed E-state index contributed by atoms with van der Waals surface area (Å²) in [6.45, 7) is 3.36. The van der Waals surface area contributed by atoms with Crippen molar-refractivity contribution >= 4 is 5.91 Å². The molecule has 1 aromatic rings. The van der Waals surface area contributed by atoms with Crippen LogP contribution in [0.5, 0.6) is 0 Å². The molecular formula is C11H17N3O4. The molecule has 1 amide bonds. The molecule has 100 valence electrons. The highest BCUT2D eigenvalue weighted by Gasteiger charge is 2.09. The van der Waals surface area contributed by atoms with Crippen LogP contribution < -0.4 is 16.6 Å². The van der Waals surface area contributed by atoms with Crippen molar-refractivity contribution in [3.05, 3.63) is 32.1 Å². The highest BCUT2D eigenvalue weighted by molar-refractivity contribution is 5.76. The number of H-pyrrole nitrogens is 2. The smallest absolute Gasteiger partial charge is 0.325 e. The number of aryl methyl sites for hydroxylation is 1. The van der Waals surface area contributed by atoms with E-state index in [-0.39, 0.29) is 25.3 Å². The van der Waals surface area contributed by atoms with Gasteiger partial charge in [0.15, 0.2) is 0 Å². The maximum absolute atomic E-state index is 11.5. The molecule has 7 heteroatoms. The van der Waals surface area contributed by atoms with E-state index in [2.05, 4.69) is 15.3 Å². The van der Waals surface area contributed by atoms with E-state index >= 15 is 0 Å². The summed E-state index contributed by atoms with van der Waals surface area (Å²) in [6.07, 6.45) is -0.237. The predicted octanol–water partition coefficient (Wildman–Crippen LogP) is -1.20. The maximum atomic E-state index is 11.5. The van der Waals surface area contributed by atoms with Crippen LogP contribution in [0.1, 0.15) is 24.6 Å². The molecule has 0 fully saturated rings. The summed E-state index contributed by atoms with van der Waals surface area (Å²) in [5.41, 5.74) is -0.173. The number of amides is 1. The topological polar surface area (TPSA) is 115 Å². The summed E-state index contributed by atoms with van der Waals surface area (Å²) in [6, 6.07) is 0. The van der Waals surface area contributed by atoms with E-state index in [0.29, 0.717) is 11.3 Å². The van der Waals surface area contributed by atoms with Crippen LogP contribution in [0, 0.1) is 6.92 Å². The Morgan fingerprint density at radius 1 is 1.39 bits per heavy atom. The first-order valence-electron chi connectivity index (χ1n) is 5.67. The van der Waals surface area contributed by atoms with Crippen molar-refractivity contribution in [2.75, 3.05) is 6.54 Å². The Kier molecular flexibility index (Phi) is 4.85. The summed E-state index contributed by atoms with van der Waals surface area (Å²) in [5, 5.41) is 11.5. The standard InChI is InChI=1S/C11H17N3O4/c1-6(15)5-12-9(16)4-3-8-7(2)13-11(18)14-10(8)17/h6,15H,3-5H2,1-2H3,(H,12,16)(H2,13,14,17,18)/t6-/m0/s1. The maximum Gasteiger partial charge on any atom is 0.325 e. The van der Waals surface area contributed by atoms with Gasteiger partial charge in [0.2, 0.25) is 5.91 Å². The molecule has 1 heterocycles. The Hall–Kier alpha value is -1.89. The Bertz CT molecular complexity index is 530. The van der Waals surface area contributed by atoms with Crippen molar-refractivity contribution in [1.82, 2.24) is 15.3 Å². The van der Waals surface area contributed by atoms with Crippen LogP contribution in [0.3, 0.4) is 0 Å². The fourth-order valence-corrected chi connectivity index (χ4v) is 1.52. The number of aromatic amines is 2. The SMILES string of the molecule is Cc1[nH]c(=O)[nH]c(=O)c1CCC(=O)NC[C@H](C)O. The number of aromatic nitrogens is 2. The summed E-state index contributed by atoms with van der Waals surface area (Å²) in [7, 11) is 0. The van der Waals surface area contributed by atoms with Gasteiger partial charge in [-0.2, -0.15) is 0 Å². The Morgan fingerprint density at radius 2 is 2.06 bits per heavy atom. The van der Waals surface area contributed by atoms with Crippen molar-refractivity contribution in [3.63, 3.8) is 0 Å². The average molecular weight is 255 g/mol. The van der Waals surface area contributed by atoms with Gasteiger partial charge in [-0.25, -0.2) is 4.79 Å². The molecule has 0 saturated heterocycles. The van der Waals surface area contributed by atoms with E-state index in [0.717, 1.165) is 0 Å². The zero-order chi connectivity index (χ0) is 13.7. The van der Waals surface area contributed by atoms with E-state index in [1.807, 2.05) is 0 Å². The van der Waals surface area contributed by atoms with Gasteiger partial charge in [-0.1, -0.05) is 0 Å². The van der Waals surface area contributed by atoms with Crippen molar-refractivity contribution in [1.29, 1.82) is 0 Å². The Morgan fingerprint density at radius 3 is 2.61 bits per heavy atom. The molecule has 0 aromatic carbocycles. The highest BCUT2D eigenvalue weighted by Crippen LogP contribution is 1.99. The molecule has 1 aromatic heterocycles. The molecule has 1 atom stereocenters. The van der Waals surface area contributed by atoms with Gasteiger partial charge in [-0.3, -0.25) is 14.6 Å². The highest BCUT2D eigenvalue weighted by atomic mass is 16.3. The van der Waals surface area contributed by atoms with Gasteiger partial charge in [0.25, 0.3) is 5.56 Å². The lowest BCUT2D eigenvalue weighted by atomic mass is 10.1. The summed E-state index contributed by atoms with van der Waals surface area (Å²) >= 11 is 0. The molecule has 0 aliphatic carbocycles. The number of hydrogen-bond donors (Lipinski definition) is 4. The fraction of sp³-hybridized carbons (Fsp3) is 0.545. The number of hydrogen-bond acceptors (Lipinski definition) is 4. The van der Waals surface area contributed by atoms with E-state index in [4.69, 9.17) is 5.11 Å². The van der Waals surface area contributed by atoms with Gasteiger partial charge in [0.05, 0.1) is 6.10 Å². The van der Waals surface area contributed by atoms with E-state index in [9.17, 15) is 14.4 Å². The van der Waals surface area contributed by atoms with Crippen LogP contribution in [0.25, 0.3) is 0 Å². The molecule has 0 spiro atoms. The third-order valence-electron chi connectivity index (χ3n) is 2.45. The van der Waals surface area contributed by atoms with Gasteiger partial charge in [-0.05, 0) is 20.3 Å². The largest absolute Gasteiger partial charge is 0.392 e. The minimum Gasteiger partial charge on any atom is -0.392 e. The zero-order valence-electron chi connectivity index (χ0n) is 10.4. The van der Waals surface area contributed by atoms with Crippen molar-refractivity contribution in [3.8, 4) is 0 Å². The number of nitrogens with one attached hydrogen (secondary N) is 3. The molecule has 0 saturated carbocycles. The van der Waals surface area contributed by atoms with Crippen molar-refractivity contribution < 1.29 is 9.90 Å². The molecule has 0 aliphatic heterocycles. The van der Waals surface area contributed by atoms with Crippen LogP contribution in [0.2, 0.25) is 0 Å². The lowest BCUT2D eigenvalue weighted by molar-refractivity contribution is -0.121. The third-order valence-corrected chi connectivity index (χ3v) is 2.45. The first kappa shape index (κ1) is 14.2. The summed E-state index contributed by atoms with van der Waals surface area (Å²) in [4.78, 5) is 38.4. The summed E-state index contributed by atoms with van der Waals surface area (Å²) < 4.78 is 0. The lowest BCUT2D eigenvalue weighted by Crippen LogP contribution is -2.32. The van der Waals surface area contributed by atoms with Crippen LogP contribution in [-0.2, 0) is 11.2 Å². The third kappa shape index (κ3) is 4.17. The van der Waals surface area contributed by atoms with Gasteiger partial charge in [0.1, 0.15) is 0 Å². The van der Waals surface area contributed by atoms with E-state index < -0.39 is 17.4 Å². The van der Waals surface area contributed by atoms with Crippen LogP contribution in [-0.4, -0.2) is 33.6 Å². The predicted molar refractivity (Wildman–Crippen MR) is 65.4 cm³/mol. The summed E-state index contributed by atoms with van der Waals surface area (Å²) in [5.74, 6) is -0.249. The molecule has 0 unspecified atom stereocenters. The van der Waals surface area contributed by atoms with Gasteiger partial charge in [-0.15, -0.1) is 0 Å². The van der Waals surface area contributed by atoms with Crippen LogP contribution in [0.4, 0.5) is 0 Å². The first-order chi connectivity index (χ1) is 8.40. The average Bonchev–Trinajstić information content (AvgIpc) is 2.24. The van der Waals surface area contributed by atoms with Crippen molar-refractivity contribution in [2.24, 2.45) is 0 Å². The second-order valence-corrected chi connectivity index (χ2v) is 4.16. The molecule has 1 rings (SSSR count). The minimum atomic E-state index is -0.604. The fourth-order valence-electron chi connectivity index (χ4n) is 1.52. The molecule has 18 heavy (non-hydrogen) atoms. The molecule has 0 aliphatic rings. The Balaban J connectivity index is 2.62. The lowest BCUT2D eigenvalue weighted by Gasteiger charge is -2.07. The molecule has 7 nitrogen and oxygen atoms in total. The van der Waals surface area contributed by atoms with Gasteiger partial charge >= 0.3 is 5.69 Å². The zero-order valence-corrected chi connectivity index (χ0v) is 10.4. The monoisotopic (exact) mass is 255 g/mol. The minimum absolute atomic E-state index is 0.128. The van der Waals surface area contributed by atoms with E-state index in [1.54, 1.807) is 13.8 Å². The number of aliphatic hydroxyl groups excluding tert-OH is 1. The second-order valence-electron chi connectivity index (χ2n) is 4.16. The molecule has 0 radical (unpaired) electrons. The van der Waals surface area contributed by atoms with Crippen molar-refractivity contribution in [2.45, 2.75) is 32.8 Å². The van der Waals surface area contributed by atoms with Crippen LogP contribution in [0.15, 0.2) is 9.59 Å². The van der Waals surface area contributed by atoms with E-state index in [1.165, 1.54) is 0 Å². The first-order valence-corrected chi connectivity index (χ1v) is 5.67. The quantitative estimate of drug-likeness (QED) is 0.529. The van der Waals surface area contributed by atoms with Gasteiger partial charge < -0.3 is 15.4 Å². The molecule has 4 N–H and O–H groups in total. The Labute approximate surface area is 103 Å². The number of carbonyl (C=O) groups is 1.